The first kappa shape index (κ1) is 14.5. The van der Waals surface area contributed by atoms with Gasteiger partial charge in [-0.1, -0.05) is 33.1 Å². The van der Waals surface area contributed by atoms with E-state index in [0.29, 0.717) is 18.3 Å². The van der Waals surface area contributed by atoms with Crippen molar-refractivity contribution in [2.75, 3.05) is 6.61 Å². The summed E-state index contributed by atoms with van der Waals surface area (Å²) in [5.41, 5.74) is 0.0976. The van der Waals surface area contributed by atoms with Crippen LogP contribution in [0.4, 0.5) is 5.69 Å². The third kappa shape index (κ3) is 4.73. The highest BCUT2D eigenvalue weighted by atomic mass is 16.6. The van der Waals surface area contributed by atoms with Crippen LogP contribution in [0, 0.1) is 16.0 Å². The van der Waals surface area contributed by atoms with Crippen LogP contribution in [0.1, 0.15) is 39.5 Å². The number of non-ortho nitro benzene ring substituents is 1. The first-order chi connectivity index (χ1) is 8.67. The Kier molecular flexibility index (Phi) is 6.19. The molecule has 0 amide bonds. The second-order valence-corrected chi connectivity index (χ2v) is 4.48. The molecule has 0 spiro atoms. The van der Waals surface area contributed by atoms with Crippen molar-refractivity contribution in [2.24, 2.45) is 5.92 Å². The van der Waals surface area contributed by atoms with Crippen molar-refractivity contribution >= 4 is 5.69 Å². The van der Waals surface area contributed by atoms with E-state index in [1.807, 2.05) is 0 Å². The zero-order valence-corrected chi connectivity index (χ0v) is 11.1. The zero-order chi connectivity index (χ0) is 13.4. The Morgan fingerprint density at radius 1 is 1.28 bits per heavy atom. The maximum atomic E-state index is 10.5. The molecule has 1 atom stereocenters. The van der Waals surface area contributed by atoms with Gasteiger partial charge < -0.3 is 4.74 Å². The largest absolute Gasteiger partial charge is 0.493 e. The molecule has 0 bridgehead atoms. The maximum Gasteiger partial charge on any atom is 0.269 e. The number of nitro groups is 1. The van der Waals surface area contributed by atoms with E-state index in [1.54, 1.807) is 12.1 Å². The zero-order valence-electron chi connectivity index (χ0n) is 11.1. The molecule has 4 heteroatoms. The van der Waals surface area contributed by atoms with Gasteiger partial charge in [-0.3, -0.25) is 10.1 Å². The molecule has 0 unspecified atom stereocenters. The van der Waals surface area contributed by atoms with Gasteiger partial charge in [0.05, 0.1) is 11.5 Å². The summed E-state index contributed by atoms with van der Waals surface area (Å²) in [7, 11) is 0. The summed E-state index contributed by atoms with van der Waals surface area (Å²) >= 11 is 0. The molecular weight excluding hydrogens is 230 g/mol. The van der Waals surface area contributed by atoms with Gasteiger partial charge in [0.25, 0.3) is 5.69 Å². The normalized spacial score (nSPS) is 12.1. The number of hydrogen-bond acceptors (Lipinski definition) is 3. The van der Waals surface area contributed by atoms with Crippen molar-refractivity contribution in [2.45, 2.75) is 39.5 Å². The summed E-state index contributed by atoms with van der Waals surface area (Å²) in [5, 5.41) is 10.5. The van der Waals surface area contributed by atoms with Crippen LogP contribution in [0.25, 0.3) is 0 Å². The Bertz CT molecular complexity index is 362. The van der Waals surface area contributed by atoms with Crippen molar-refractivity contribution in [3.05, 3.63) is 34.4 Å². The highest BCUT2D eigenvalue weighted by molar-refractivity contribution is 5.35. The van der Waals surface area contributed by atoms with Gasteiger partial charge in [-0.25, -0.2) is 0 Å². The van der Waals surface area contributed by atoms with Gasteiger partial charge in [-0.05, 0) is 24.5 Å². The second-order valence-electron chi connectivity index (χ2n) is 4.48. The Balaban J connectivity index is 2.44. The predicted molar refractivity (Wildman–Crippen MR) is 71.9 cm³/mol. The highest BCUT2D eigenvalue weighted by Crippen LogP contribution is 2.19. The SMILES string of the molecule is CCCC[C@@H](CC)COc1ccc([N+](=O)[O-])cc1. The Labute approximate surface area is 108 Å². The molecule has 1 rings (SSSR count). The molecule has 100 valence electrons. The molecule has 0 aliphatic heterocycles. The second kappa shape index (κ2) is 7.69. The fourth-order valence-corrected chi connectivity index (χ4v) is 1.78. The lowest BCUT2D eigenvalue weighted by Gasteiger charge is -2.15. The summed E-state index contributed by atoms with van der Waals surface area (Å²) < 4.78 is 5.67. The number of benzene rings is 1. The third-order valence-electron chi connectivity index (χ3n) is 3.08. The van der Waals surface area contributed by atoms with Crippen LogP contribution in [0.5, 0.6) is 5.75 Å². The fraction of sp³-hybridized carbons (Fsp3) is 0.571. The van der Waals surface area contributed by atoms with Gasteiger partial charge in [0.2, 0.25) is 0 Å². The third-order valence-corrected chi connectivity index (χ3v) is 3.08. The van der Waals surface area contributed by atoms with Gasteiger partial charge in [-0.15, -0.1) is 0 Å². The van der Waals surface area contributed by atoms with Crippen LogP contribution < -0.4 is 4.74 Å². The average Bonchev–Trinajstić information content (AvgIpc) is 2.39. The molecule has 1 aromatic rings. The summed E-state index contributed by atoms with van der Waals surface area (Å²) in [6.45, 7) is 5.04. The van der Waals surface area contributed by atoms with E-state index in [4.69, 9.17) is 4.74 Å². The topological polar surface area (TPSA) is 52.4 Å². The molecule has 0 aliphatic carbocycles. The first-order valence-corrected chi connectivity index (χ1v) is 6.54. The number of ether oxygens (including phenoxy) is 1. The van der Waals surface area contributed by atoms with E-state index < -0.39 is 4.92 Å². The van der Waals surface area contributed by atoms with E-state index in [0.717, 1.165) is 6.42 Å². The highest BCUT2D eigenvalue weighted by Gasteiger charge is 2.08. The molecule has 18 heavy (non-hydrogen) atoms. The Morgan fingerprint density at radius 2 is 1.94 bits per heavy atom. The van der Waals surface area contributed by atoms with Gasteiger partial charge in [0, 0.05) is 12.1 Å². The lowest BCUT2D eigenvalue weighted by Crippen LogP contribution is -2.11. The van der Waals surface area contributed by atoms with Crippen molar-refractivity contribution in [3.8, 4) is 5.75 Å². The van der Waals surface area contributed by atoms with Crippen LogP contribution in [-0.2, 0) is 0 Å². The quantitative estimate of drug-likeness (QED) is 0.514. The Hall–Kier alpha value is -1.58. The maximum absolute atomic E-state index is 10.5. The summed E-state index contributed by atoms with van der Waals surface area (Å²) in [4.78, 5) is 10.1. The smallest absolute Gasteiger partial charge is 0.269 e. The monoisotopic (exact) mass is 251 g/mol. The van der Waals surface area contributed by atoms with E-state index in [9.17, 15) is 10.1 Å². The lowest BCUT2D eigenvalue weighted by molar-refractivity contribution is -0.384. The van der Waals surface area contributed by atoms with Gasteiger partial charge in [0.15, 0.2) is 0 Å². The van der Waals surface area contributed by atoms with E-state index >= 15 is 0 Å². The standard InChI is InChI=1S/C14H21NO3/c1-3-5-6-12(4-2)11-18-14-9-7-13(8-10-14)15(16)17/h7-10,12H,3-6,11H2,1-2H3/t12-/m1/s1. The Morgan fingerprint density at radius 3 is 2.44 bits per heavy atom. The van der Waals surface area contributed by atoms with Crippen LogP contribution >= 0.6 is 0 Å². The molecule has 4 nitrogen and oxygen atoms in total. The van der Waals surface area contributed by atoms with Crippen LogP contribution in [0.3, 0.4) is 0 Å². The van der Waals surface area contributed by atoms with E-state index in [-0.39, 0.29) is 5.69 Å². The number of unbranched alkanes of at least 4 members (excludes halogenated alkanes) is 1. The van der Waals surface area contributed by atoms with E-state index in [2.05, 4.69) is 13.8 Å². The summed E-state index contributed by atoms with van der Waals surface area (Å²) in [6.07, 6.45) is 4.71. The summed E-state index contributed by atoms with van der Waals surface area (Å²) in [6, 6.07) is 6.26. The van der Waals surface area contributed by atoms with Crippen LogP contribution in [0.15, 0.2) is 24.3 Å². The van der Waals surface area contributed by atoms with Crippen molar-refractivity contribution < 1.29 is 9.66 Å². The van der Waals surface area contributed by atoms with Crippen LogP contribution in [0.2, 0.25) is 0 Å². The number of nitro benzene ring substituents is 1. The van der Waals surface area contributed by atoms with Gasteiger partial charge in [0.1, 0.15) is 5.75 Å². The van der Waals surface area contributed by atoms with Gasteiger partial charge >= 0.3 is 0 Å². The molecule has 0 fully saturated rings. The number of nitrogens with zero attached hydrogens (tertiary/aromatic N) is 1. The summed E-state index contributed by atoms with van der Waals surface area (Å²) in [5.74, 6) is 1.27. The van der Waals surface area contributed by atoms with Crippen molar-refractivity contribution in [3.63, 3.8) is 0 Å². The minimum atomic E-state index is -0.403. The lowest BCUT2D eigenvalue weighted by atomic mass is 10.0. The molecule has 0 N–H and O–H groups in total. The predicted octanol–water partition coefficient (Wildman–Crippen LogP) is 4.19. The minimum absolute atomic E-state index is 0.0976. The number of hydrogen-bond donors (Lipinski definition) is 0. The molecule has 0 saturated carbocycles. The molecule has 0 radical (unpaired) electrons. The van der Waals surface area contributed by atoms with Crippen LogP contribution in [-0.4, -0.2) is 11.5 Å². The van der Waals surface area contributed by atoms with Gasteiger partial charge in [-0.2, -0.15) is 0 Å². The first-order valence-electron chi connectivity index (χ1n) is 6.54. The average molecular weight is 251 g/mol. The van der Waals surface area contributed by atoms with Crippen molar-refractivity contribution in [1.29, 1.82) is 0 Å². The molecule has 0 aromatic heterocycles. The molecule has 0 heterocycles. The molecule has 1 aromatic carbocycles. The molecular formula is C14H21NO3. The van der Waals surface area contributed by atoms with Crippen molar-refractivity contribution in [1.82, 2.24) is 0 Å². The molecule has 0 aliphatic rings. The number of rotatable bonds is 8. The molecule has 0 saturated heterocycles. The fourth-order valence-electron chi connectivity index (χ4n) is 1.78. The van der Waals surface area contributed by atoms with E-state index in [1.165, 1.54) is 31.4 Å². The minimum Gasteiger partial charge on any atom is -0.493 e.